The summed E-state index contributed by atoms with van der Waals surface area (Å²) in [5, 5.41) is 5.35. The Morgan fingerprint density at radius 3 is 1.96 bits per heavy atom. The first-order valence-electron chi connectivity index (χ1n) is 8.80. The van der Waals surface area contributed by atoms with Gasteiger partial charge in [-0.2, -0.15) is 0 Å². The van der Waals surface area contributed by atoms with E-state index in [0.29, 0.717) is 0 Å². The van der Waals surface area contributed by atoms with Crippen LogP contribution in [0.15, 0.2) is 91.0 Å². The topological polar surface area (TPSA) is 29.1 Å². The summed E-state index contributed by atoms with van der Waals surface area (Å²) in [6, 6.07) is 30.5. The van der Waals surface area contributed by atoms with E-state index in [9.17, 15) is 4.79 Å². The molecule has 0 spiro atoms. The van der Waals surface area contributed by atoms with Crippen LogP contribution in [0.2, 0.25) is 0 Å². The smallest absolute Gasteiger partial charge is 0.236 e. The van der Waals surface area contributed by atoms with Crippen LogP contribution in [-0.4, -0.2) is 5.91 Å². The van der Waals surface area contributed by atoms with Crippen LogP contribution in [0.3, 0.4) is 0 Å². The molecule has 0 bridgehead atoms. The van der Waals surface area contributed by atoms with Gasteiger partial charge in [0.05, 0.1) is 5.92 Å². The van der Waals surface area contributed by atoms with Gasteiger partial charge in [0.2, 0.25) is 5.91 Å². The van der Waals surface area contributed by atoms with E-state index in [1.54, 1.807) is 0 Å². The monoisotopic (exact) mass is 335 g/mol. The molecule has 0 atom stereocenters. The maximum absolute atomic E-state index is 13.3. The predicted molar refractivity (Wildman–Crippen MR) is 106 cm³/mol. The number of nitrogens with one attached hydrogen (secondary N) is 1. The molecule has 124 valence electrons. The molecule has 0 aromatic heterocycles. The van der Waals surface area contributed by atoms with Crippen LogP contribution in [0, 0.1) is 0 Å². The predicted octanol–water partition coefficient (Wildman–Crippen LogP) is 5.59. The molecule has 4 aromatic carbocycles. The molecular weight excluding hydrogens is 318 g/mol. The largest absolute Gasteiger partial charge is 0.325 e. The van der Waals surface area contributed by atoms with Crippen molar-refractivity contribution in [3.63, 3.8) is 0 Å². The first-order valence-corrected chi connectivity index (χ1v) is 8.80. The van der Waals surface area contributed by atoms with Gasteiger partial charge in [0.1, 0.15) is 0 Å². The number of benzene rings is 4. The van der Waals surface area contributed by atoms with Crippen molar-refractivity contribution in [3.8, 4) is 11.1 Å². The number of carbonyl (C=O) groups is 1. The SMILES string of the molecule is O=C(Nc1cccc2ccccc12)C1c2ccccc2-c2ccccc21. The van der Waals surface area contributed by atoms with Crippen molar-refractivity contribution >= 4 is 22.4 Å². The Kier molecular flexibility index (Phi) is 3.36. The van der Waals surface area contributed by atoms with Gasteiger partial charge < -0.3 is 5.32 Å². The fourth-order valence-corrected chi connectivity index (χ4v) is 3.98. The second kappa shape index (κ2) is 5.85. The second-order valence-electron chi connectivity index (χ2n) is 6.62. The number of carbonyl (C=O) groups excluding carboxylic acids is 1. The van der Waals surface area contributed by atoms with Crippen molar-refractivity contribution in [2.45, 2.75) is 5.92 Å². The third kappa shape index (κ3) is 2.23. The number of fused-ring (bicyclic) bond motifs is 4. The molecule has 1 aliphatic carbocycles. The van der Waals surface area contributed by atoms with E-state index in [1.165, 1.54) is 0 Å². The summed E-state index contributed by atoms with van der Waals surface area (Å²) in [6.07, 6.45) is 0. The lowest BCUT2D eigenvalue weighted by atomic mass is 9.96. The third-order valence-electron chi connectivity index (χ3n) is 5.14. The van der Waals surface area contributed by atoms with Crippen molar-refractivity contribution in [1.82, 2.24) is 0 Å². The molecule has 0 fully saturated rings. The van der Waals surface area contributed by atoms with E-state index in [2.05, 4.69) is 41.7 Å². The first-order chi connectivity index (χ1) is 12.8. The molecule has 1 aliphatic rings. The Morgan fingerprint density at radius 1 is 0.654 bits per heavy atom. The van der Waals surface area contributed by atoms with Crippen LogP contribution in [0.1, 0.15) is 17.0 Å². The fraction of sp³-hybridized carbons (Fsp3) is 0.0417. The maximum atomic E-state index is 13.3. The summed E-state index contributed by atoms with van der Waals surface area (Å²) in [5.41, 5.74) is 5.31. The second-order valence-corrected chi connectivity index (χ2v) is 6.62. The molecule has 0 heterocycles. The zero-order chi connectivity index (χ0) is 17.5. The van der Waals surface area contributed by atoms with Gasteiger partial charge in [0.15, 0.2) is 0 Å². The van der Waals surface area contributed by atoms with E-state index in [0.717, 1.165) is 38.7 Å². The lowest BCUT2D eigenvalue weighted by Crippen LogP contribution is -2.20. The van der Waals surface area contributed by atoms with Crippen molar-refractivity contribution < 1.29 is 4.79 Å². The Balaban J connectivity index is 1.59. The lowest BCUT2D eigenvalue weighted by molar-refractivity contribution is -0.116. The Morgan fingerprint density at radius 2 is 1.23 bits per heavy atom. The molecule has 0 saturated carbocycles. The molecule has 0 aliphatic heterocycles. The molecular formula is C24H17NO. The highest BCUT2D eigenvalue weighted by molar-refractivity contribution is 6.07. The summed E-state index contributed by atoms with van der Waals surface area (Å²) in [7, 11) is 0. The molecule has 26 heavy (non-hydrogen) atoms. The van der Waals surface area contributed by atoms with Crippen molar-refractivity contribution in [1.29, 1.82) is 0 Å². The van der Waals surface area contributed by atoms with E-state index < -0.39 is 0 Å². The van der Waals surface area contributed by atoms with Gasteiger partial charge in [-0.1, -0.05) is 84.9 Å². The Hall–Kier alpha value is -3.39. The Labute approximate surface area is 152 Å². The van der Waals surface area contributed by atoms with Gasteiger partial charge in [-0.25, -0.2) is 0 Å². The molecule has 2 nitrogen and oxygen atoms in total. The highest BCUT2D eigenvalue weighted by Gasteiger charge is 2.33. The quantitative estimate of drug-likeness (QED) is 0.508. The van der Waals surface area contributed by atoms with Gasteiger partial charge >= 0.3 is 0 Å². The first kappa shape index (κ1) is 14.9. The van der Waals surface area contributed by atoms with Crippen LogP contribution in [0.4, 0.5) is 5.69 Å². The van der Waals surface area contributed by atoms with Crippen molar-refractivity contribution in [2.75, 3.05) is 5.32 Å². The van der Waals surface area contributed by atoms with E-state index >= 15 is 0 Å². The zero-order valence-electron chi connectivity index (χ0n) is 14.1. The Bertz CT molecular complexity index is 1090. The van der Waals surface area contributed by atoms with Gasteiger partial charge in [-0.05, 0) is 33.7 Å². The molecule has 0 unspecified atom stereocenters. The van der Waals surface area contributed by atoms with Gasteiger partial charge in [-0.3, -0.25) is 4.79 Å². The summed E-state index contributed by atoms with van der Waals surface area (Å²) >= 11 is 0. The molecule has 1 amide bonds. The zero-order valence-corrected chi connectivity index (χ0v) is 14.1. The van der Waals surface area contributed by atoms with Crippen LogP contribution in [0.5, 0.6) is 0 Å². The molecule has 5 rings (SSSR count). The molecule has 2 heteroatoms. The molecule has 0 saturated heterocycles. The van der Waals surface area contributed by atoms with E-state index in [4.69, 9.17) is 0 Å². The minimum Gasteiger partial charge on any atom is -0.325 e. The van der Waals surface area contributed by atoms with Crippen molar-refractivity contribution in [3.05, 3.63) is 102 Å². The fourth-order valence-electron chi connectivity index (χ4n) is 3.98. The van der Waals surface area contributed by atoms with Crippen LogP contribution in [0.25, 0.3) is 21.9 Å². The molecule has 4 aromatic rings. The number of amides is 1. The number of anilines is 1. The summed E-state index contributed by atoms with van der Waals surface area (Å²) in [6.45, 7) is 0. The minimum absolute atomic E-state index is 0.0127. The van der Waals surface area contributed by atoms with Gasteiger partial charge in [0, 0.05) is 11.1 Å². The number of hydrogen-bond donors (Lipinski definition) is 1. The summed E-state index contributed by atoms with van der Waals surface area (Å²) < 4.78 is 0. The van der Waals surface area contributed by atoms with E-state index in [-0.39, 0.29) is 11.8 Å². The van der Waals surface area contributed by atoms with Crippen LogP contribution < -0.4 is 5.32 Å². The highest BCUT2D eigenvalue weighted by atomic mass is 16.1. The average molecular weight is 335 g/mol. The van der Waals surface area contributed by atoms with Crippen LogP contribution >= 0.6 is 0 Å². The van der Waals surface area contributed by atoms with Gasteiger partial charge in [-0.15, -0.1) is 0 Å². The van der Waals surface area contributed by atoms with Crippen molar-refractivity contribution in [2.24, 2.45) is 0 Å². The summed E-state index contributed by atoms with van der Waals surface area (Å²) in [4.78, 5) is 13.3. The normalized spacial score (nSPS) is 12.6. The molecule has 0 radical (unpaired) electrons. The van der Waals surface area contributed by atoms with Crippen LogP contribution in [-0.2, 0) is 4.79 Å². The molecule has 1 N–H and O–H groups in total. The number of hydrogen-bond acceptors (Lipinski definition) is 1. The standard InChI is InChI=1S/C24H17NO/c26-24(25-22-15-7-9-16-8-1-2-10-17(16)22)23-20-13-5-3-11-18(20)19-12-4-6-14-21(19)23/h1-15,23H,(H,25,26). The van der Waals surface area contributed by atoms with Gasteiger partial charge in [0.25, 0.3) is 0 Å². The summed E-state index contributed by atoms with van der Waals surface area (Å²) in [5.74, 6) is -0.264. The number of rotatable bonds is 2. The lowest BCUT2D eigenvalue weighted by Gasteiger charge is -2.15. The van der Waals surface area contributed by atoms with E-state index in [1.807, 2.05) is 54.6 Å². The minimum atomic E-state index is -0.277. The third-order valence-corrected chi connectivity index (χ3v) is 5.14. The maximum Gasteiger partial charge on any atom is 0.236 e. The average Bonchev–Trinajstić information content (AvgIpc) is 3.03. The highest BCUT2D eigenvalue weighted by Crippen LogP contribution is 2.45.